The SMILES string of the molecule is Cc1ccc(C=C(C#N)C#N)c(F)c1F. The van der Waals surface area contributed by atoms with Crippen molar-refractivity contribution < 1.29 is 8.78 Å². The number of nitrogens with zero attached hydrogens (tertiary/aromatic N) is 2. The molecule has 0 fully saturated rings. The molecule has 0 aromatic heterocycles. The minimum absolute atomic E-state index is 0.101. The molecule has 2 nitrogen and oxygen atoms in total. The van der Waals surface area contributed by atoms with Gasteiger partial charge in [0.25, 0.3) is 0 Å². The summed E-state index contributed by atoms with van der Waals surface area (Å²) in [6.07, 6.45) is 1.01. The van der Waals surface area contributed by atoms with Gasteiger partial charge < -0.3 is 0 Å². The van der Waals surface area contributed by atoms with Crippen LogP contribution in [0.15, 0.2) is 17.7 Å². The number of hydrogen-bond acceptors (Lipinski definition) is 2. The smallest absolute Gasteiger partial charge is 0.166 e. The molecule has 0 heterocycles. The first-order valence-corrected chi connectivity index (χ1v) is 4.06. The summed E-state index contributed by atoms with van der Waals surface area (Å²) >= 11 is 0. The van der Waals surface area contributed by atoms with Crippen molar-refractivity contribution in [3.8, 4) is 12.1 Å². The molecule has 0 bridgehead atoms. The Kier molecular flexibility index (Phi) is 3.15. The molecular weight excluding hydrogens is 198 g/mol. The van der Waals surface area contributed by atoms with Crippen LogP contribution in [0.2, 0.25) is 0 Å². The van der Waals surface area contributed by atoms with E-state index in [0.717, 1.165) is 6.08 Å². The number of halogens is 2. The average molecular weight is 204 g/mol. The molecule has 0 spiro atoms. The van der Waals surface area contributed by atoms with Crippen LogP contribution in [0.3, 0.4) is 0 Å². The molecule has 0 saturated heterocycles. The Morgan fingerprint density at radius 2 is 1.80 bits per heavy atom. The average Bonchev–Trinajstić information content (AvgIpc) is 2.25. The van der Waals surface area contributed by atoms with Gasteiger partial charge in [-0.05, 0) is 18.6 Å². The first-order valence-electron chi connectivity index (χ1n) is 4.06. The Bertz CT molecular complexity index is 489. The molecule has 74 valence electrons. The van der Waals surface area contributed by atoms with Gasteiger partial charge in [-0.1, -0.05) is 12.1 Å². The van der Waals surface area contributed by atoms with Gasteiger partial charge in [-0.2, -0.15) is 10.5 Å². The summed E-state index contributed by atoms with van der Waals surface area (Å²) < 4.78 is 26.3. The monoisotopic (exact) mass is 204 g/mol. The van der Waals surface area contributed by atoms with Crippen LogP contribution in [0, 0.1) is 41.2 Å². The summed E-state index contributed by atoms with van der Waals surface area (Å²) in [4.78, 5) is 0. The van der Waals surface area contributed by atoms with Crippen molar-refractivity contribution in [3.05, 3.63) is 40.5 Å². The summed E-state index contributed by atoms with van der Waals surface area (Å²) in [5.74, 6) is -2.00. The third-order valence-electron chi connectivity index (χ3n) is 1.85. The third kappa shape index (κ3) is 2.18. The fourth-order valence-electron chi connectivity index (χ4n) is 1.02. The van der Waals surface area contributed by atoms with Crippen molar-refractivity contribution in [3.63, 3.8) is 0 Å². The molecule has 15 heavy (non-hydrogen) atoms. The van der Waals surface area contributed by atoms with Crippen molar-refractivity contribution in [1.82, 2.24) is 0 Å². The van der Waals surface area contributed by atoms with Gasteiger partial charge in [-0.3, -0.25) is 0 Å². The topological polar surface area (TPSA) is 47.6 Å². The summed E-state index contributed by atoms with van der Waals surface area (Å²) in [6, 6.07) is 5.85. The third-order valence-corrected chi connectivity index (χ3v) is 1.85. The van der Waals surface area contributed by atoms with E-state index in [-0.39, 0.29) is 16.7 Å². The second-order valence-electron chi connectivity index (χ2n) is 2.88. The van der Waals surface area contributed by atoms with Crippen LogP contribution in [-0.4, -0.2) is 0 Å². The van der Waals surface area contributed by atoms with Gasteiger partial charge in [-0.15, -0.1) is 0 Å². The molecule has 1 aromatic carbocycles. The van der Waals surface area contributed by atoms with Gasteiger partial charge in [0.15, 0.2) is 11.6 Å². The molecule has 1 aromatic rings. The molecule has 4 heteroatoms. The van der Waals surface area contributed by atoms with E-state index in [1.807, 2.05) is 0 Å². The molecular formula is C11H6F2N2. The van der Waals surface area contributed by atoms with Gasteiger partial charge >= 0.3 is 0 Å². The van der Waals surface area contributed by atoms with Crippen molar-refractivity contribution >= 4 is 6.08 Å². The quantitative estimate of drug-likeness (QED) is 0.660. The van der Waals surface area contributed by atoms with Gasteiger partial charge in [0.1, 0.15) is 17.7 Å². The standard InChI is InChI=1S/C11H6F2N2/c1-7-2-3-9(11(13)10(7)12)4-8(5-14)6-15/h2-4H,1H3. The lowest BCUT2D eigenvalue weighted by molar-refractivity contribution is 0.501. The van der Waals surface area contributed by atoms with E-state index in [0.29, 0.717) is 0 Å². The van der Waals surface area contributed by atoms with Crippen LogP contribution in [0.4, 0.5) is 8.78 Å². The molecule has 0 saturated carbocycles. The zero-order chi connectivity index (χ0) is 11.4. The number of aryl methyl sites for hydroxylation is 1. The molecule has 0 aliphatic carbocycles. The van der Waals surface area contributed by atoms with E-state index < -0.39 is 11.6 Å². The minimum atomic E-state index is -1.04. The van der Waals surface area contributed by atoms with Gasteiger partial charge in [0.2, 0.25) is 0 Å². The maximum absolute atomic E-state index is 13.3. The first-order chi connectivity index (χ1) is 7.10. The number of rotatable bonds is 1. The predicted octanol–water partition coefficient (Wildman–Crippen LogP) is 2.70. The van der Waals surface area contributed by atoms with Crippen LogP contribution < -0.4 is 0 Å². The molecule has 0 radical (unpaired) electrons. The molecule has 0 amide bonds. The van der Waals surface area contributed by atoms with Crippen molar-refractivity contribution in [2.75, 3.05) is 0 Å². The molecule has 0 aliphatic rings. The van der Waals surface area contributed by atoms with Crippen molar-refractivity contribution in [2.45, 2.75) is 6.92 Å². The fraction of sp³-hybridized carbons (Fsp3) is 0.0909. The van der Waals surface area contributed by atoms with Crippen molar-refractivity contribution in [2.24, 2.45) is 0 Å². The summed E-state index contributed by atoms with van der Waals surface area (Å²) in [6.45, 7) is 1.43. The van der Waals surface area contributed by atoms with E-state index in [2.05, 4.69) is 0 Å². The number of nitriles is 2. The van der Waals surface area contributed by atoms with E-state index in [9.17, 15) is 8.78 Å². The minimum Gasteiger partial charge on any atom is -0.203 e. The molecule has 0 N–H and O–H groups in total. The predicted molar refractivity (Wildman–Crippen MR) is 50.3 cm³/mol. The lowest BCUT2D eigenvalue weighted by atomic mass is 10.1. The number of benzene rings is 1. The second kappa shape index (κ2) is 4.34. The van der Waals surface area contributed by atoms with Gasteiger partial charge in [-0.25, -0.2) is 8.78 Å². The van der Waals surface area contributed by atoms with Crippen LogP contribution >= 0.6 is 0 Å². The van der Waals surface area contributed by atoms with Crippen molar-refractivity contribution in [1.29, 1.82) is 10.5 Å². The highest BCUT2D eigenvalue weighted by atomic mass is 19.2. The Hall–Kier alpha value is -2.20. The highest BCUT2D eigenvalue weighted by Crippen LogP contribution is 2.17. The zero-order valence-corrected chi connectivity index (χ0v) is 7.88. The lowest BCUT2D eigenvalue weighted by Gasteiger charge is -2.00. The highest BCUT2D eigenvalue weighted by Gasteiger charge is 2.09. The maximum atomic E-state index is 13.3. The second-order valence-corrected chi connectivity index (χ2v) is 2.88. The van der Waals surface area contributed by atoms with Gasteiger partial charge in [0.05, 0.1) is 0 Å². The first kappa shape index (κ1) is 10.9. The van der Waals surface area contributed by atoms with Crippen LogP contribution in [0.1, 0.15) is 11.1 Å². The summed E-state index contributed by atoms with van der Waals surface area (Å²) in [5.41, 5.74) is -0.187. The summed E-state index contributed by atoms with van der Waals surface area (Å²) in [7, 11) is 0. The maximum Gasteiger partial charge on any atom is 0.166 e. The van der Waals surface area contributed by atoms with E-state index in [4.69, 9.17) is 10.5 Å². The Balaban J connectivity index is 3.32. The Morgan fingerprint density at radius 3 is 2.33 bits per heavy atom. The van der Waals surface area contributed by atoms with E-state index >= 15 is 0 Å². The van der Waals surface area contributed by atoms with Crippen LogP contribution in [0.25, 0.3) is 6.08 Å². The normalized spacial score (nSPS) is 8.87. The summed E-state index contributed by atoms with van der Waals surface area (Å²) in [5, 5.41) is 16.9. The molecule has 0 unspecified atom stereocenters. The largest absolute Gasteiger partial charge is 0.203 e. The number of hydrogen-bond donors (Lipinski definition) is 0. The van der Waals surface area contributed by atoms with Gasteiger partial charge in [0, 0.05) is 5.56 Å². The highest BCUT2D eigenvalue weighted by molar-refractivity contribution is 5.62. The molecule has 0 aliphatic heterocycles. The zero-order valence-electron chi connectivity index (χ0n) is 7.88. The van der Waals surface area contributed by atoms with E-state index in [1.165, 1.54) is 19.1 Å². The Labute approximate surface area is 85.7 Å². The fourth-order valence-corrected chi connectivity index (χ4v) is 1.02. The number of allylic oxidation sites excluding steroid dienone is 1. The van der Waals surface area contributed by atoms with Crippen LogP contribution in [-0.2, 0) is 0 Å². The van der Waals surface area contributed by atoms with E-state index in [1.54, 1.807) is 12.1 Å². The molecule has 1 rings (SSSR count). The lowest BCUT2D eigenvalue weighted by Crippen LogP contribution is -1.92. The Morgan fingerprint density at radius 1 is 1.20 bits per heavy atom. The molecule has 0 atom stereocenters. The van der Waals surface area contributed by atoms with Crippen LogP contribution in [0.5, 0.6) is 0 Å².